The molecule has 2 rings (SSSR count). The van der Waals surface area contributed by atoms with E-state index in [1.165, 1.54) is 0 Å². The lowest BCUT2D eigenvalue weighted by Gasteiger charge is -2.28. The van der Waals surface area contributed by atoms with Gasteiger partial charge in [0.1, 0.15) is 0 Å². The Morgan fingerprint density at radius 2 is 2.21 bits per heavy atom. The fourth-order valence-corrected chi connectivity index (χ4v) is 2.86. The molecule has 3 nitrogen and oxygen atoms in total. The van der Waals surface area contributed by atoms with Crippen molar-refractivity contribution in [1.82, 2.24) is 0 Å². The average Bonchev–Trinajstić information content (AvgIpc) is 2.43. The van der Waals surface area contributed by atoms with Gasteiger partial charge in [-0.05, 0) is 39.0 Å². The molecule has 1 aliphatic carbocycles. The van der Waals surface area contributed by atoms with Crippen molar-refractivity contribution in [3.05, 3.63) is 0 Å². The van der Waals surface area contributed by atoms with Gasteiger partial charge in [0.2, 0.25) is 0 Å². The quantitative estimate of drug-likeness (QED) is 0.602. The second-order valence-electron chi connectivity index (χ2n) is 4.91. The summed E-state index contributed by atoms with van der Waals surface area (Å²) in [5, 5.41) is 0. The topological polar surface area (TPSA) is 35.5 Å². The Bertz CT molecular complexity index is 251. The zero-order chi connectivity index (χ0) is 10.3. The summed E-state index contributed by atoms with van der Waals surface area (Å²) in [6.45, 7) is 4.06. The van der Waals surface area contributed by atoms with Crippen molar-refractivity contribution in [3.63, 3.8) is 0 Å². The van der Waals surface area contributed by atoms with Gasteiger partial charge >= 0.3 is 5.97 Å². The van der Waals surface area contributed by atoms with Gasteiger partial charge < -0.3 is 9.47 Å². The monoisotopic (exact) mass is 198 g/mol. The summed E-state index contributed by atoms with van der Waals surface area (Å²) < 4.78 is 10.7. The molecule has 0 aromatic carbocycles. The van der Waals surface area contributed by atoms with Crippen LogP contribution in [0.2, 0.25) is 0 Å². The third-order valence-electron chi connectivity index (χ3n) is 3.66. The molecule has 2 fully saturated rings. The molecule has 0 radical (unpaired) electrons. The van der Waals surface area contributed by atoms with Crippen LogP contribution in [0.25, 0.3) is 0 Å². The molecule has 3 heteroatoms. The molecule has 1 unspecified atom stereocenters. The molecule has 1 heterocycles. The number of rotatable bonds is 1. The van der Waals surface area contributed by atoms with E-state index in [1.807, 2.05) is 6.92 Å². The number of hydrogen-bond acceptors (Lipinski definition) is 3. The molecule has 14 heavy (non-hydrogen) atoms. The van der Waals surface area contributed by atoms with Gasteiger partial charge in [-0.25, -0.2) is 0 Å². The van der Waals surface area contributed by atoms with Gasteiger partial charge in [0.25, 0.3) is 0 Å². The molecule has 1 aliphatic heterocycles. The van der Waals surface area contributed by atoms with Crippen molar-refractivity contribution in [2.24, 2.45) is 11.8 Å². The van der Waals surface area contributed by atoms with E-state index in [-0.39, 0.29) is 23.6 Å². The maximum absolute atomic E-state index is 11.6. The van der Waals surface area contributed by atoms with Crippen LogP contribution in [-0.2, 0) is 14.3 Å². The van der Waals surface area contributed by atoms with Crippen molar-refractivity contribution >= 4 is 5.97 Å². The van der Waals surface area contributed by atoms with Crippen molar-refractivity contribution in [2.45, 2.75) is 44.8 Å². The molecule has 0 amide bonds. The normalized spacial score (nSPS) is 47.4. The Hall–Kier alpha value is -0.570. The third-order valence-corrected chi connectivity index (χ3v) is 3.66. The second-order valence-corrected chi connectivity index (χ2v) is 4.91. The number of esters is 1. The molecule has 0 bridgehead atoms. The maximum atomic E-state index is 11.6. The number of fused-ring (bicyclic) bond motifs is 1. The highest BCUT2D eigenvalue weighted by atomic mass is 16.5. The molecular weight excluding hydrogens is 180 g/mol. The first-order chi connectivity index (χ1) is 6.54. The smallest absolute Gasteiger partial charge is 0.309 e. The van der Waals surface area contributed by atoms with E-state index in [1.54, 1.807) is 7.11 Å². The van der Waals surface area contributed by atoms with E-state index >= 15 is 0 Å². The lowest BCUT2D eigenvalue weighted by molar-refractivity contribution is -0.162. The van der Waals surface area contributed by atoms with Crippen LogP contribution in [0.3, 0.4) is 0 Å². The predicted molar refractivity (Wildman–Crippen MR) is 51.8 cm³/mol. The SMILES string of the molecule is COC1(C)C[C@@H]2C[C@@H](C)OC(=O)[C@@H]2C1. The number of carbonyl (C=O) groups is 1. The Labute approximate surface area is 84.8 Å². The van der Waals surface area contributed by atoms with Crippen LogP contribution in [0.5, 0.6) is 0 Å². The van der Waals surface area contributed by atoms with E-state index in [9.17, 15) is 4.79 Å². The van der Waals surface area contributed by atoms with Gasteiger partial charge in [-0.3, -0.25) is 4.79 Å². The summed E-state index contributed by atoms with van der Waals surface area (Å²) in [5.41, 5.74) is -0.113. The number of ether oxygens (including phenoxy) is 2. The van der Waals surface area contributed by atoms with Gasteiger partial charge in [0.15, 0.2) is 0 Å². The van der Waals surface area contributed by atoms with Crippen molar-refractivity contribution in [3.8, 4) is 0 Å². The van der Waals surface area contributed by atoms with Crippen molar-refractivity contribution in [2.75, 3.05) is 7.11 Å². The highest BCUT2D eigenvalue weighted by molar-refractivity contribution is 5.74. The summed E-state index contributed by atoms with van der Waals surface area (Å²) in [6.07, 6.45) is 2.89. The second kappa shape index (κ2) is 3.23. The Morgan fingerprint density at radius 3 is 2.86 bits per heavy atom. The first-order valence-electron chi connectivity index (χ1n) is 5.30. The van der Waals surface area contributed by atoms with E-state index in [0.717, 1.165) is 19.3 Å². The molecule has 0 aromatic rings. The number of cyclic esters (lactones) is 1. The number of methoxy groups -OCH3 is 1. The summed E-state index contributed by atoms with van der Waals surface area (Å²) in [4.78, 5) is 11.6. The van der Waals surface area contributed by atoms with Crippen LogP contribution in [0, 0.1) is 11.8 Å². The van der Waals surface area contributed by atoms with Gasteiger partial charge in [0.05, 0.1) is 17.6 Å². The Balaban J connectivity index is 2.13. The molecule has 4 atom stereocenters. The zero-order valence-corrected chi connectivity index (χ0v) is 9.08. The summed E-state index contributed by atoms with van der Waals surface area (Å²) in [6, 6.07) is 0. The van der Waals surface area contributed by atoms with Crippen LogP contribution in [0.4, 0.5) is 0 Å². The maximum Gasteiger partial charge on any atom is 0.309 e. The lowest BCUT2D eigenvalue weighted by Crippen LogP contribution is -2.33. The molecular formula is C11H18O3. The van der Waals surface area contributed by atoms with Crippen molar-refractivity contribution < 1.29 is 14.3 Å². The lowest BCUT2D eigenvalue weighted by atomic mass is 9.88. The highest BCUT2D eigenvalue weighted by Gasteiger charge is 2.49. The predicted octanol–water partition coefficient (Wildman–Crippen LogP) is 1.75. The number of carbonyl (C=O) groups excluding carboxylic acids is 1. The van der Waals surface area contributed by atoms with Crippen LogP contribution in [0.1, 0.15) is 33.1 Å². The van der Waals surface area contributed by atoms with Gasteiger partial charge in [0, 0.05) is 7.11 Å². The molecule has 0 N–H and O–H groups in total. The zero-order valence-electron chi connectivity index (χ0n) is 9.08. The molecule has 0 aromatic heterocycles. The van der Waals surface area contributed by atoms with Gasteiger partial charge in [-0.2, -0.15) is 0 Å². The molecule has 1 saturated carbocycles. The molecule has 1 saturated heterocycles. The van der Waals surface area contributed by atoms with Crippen LogP contribution >= 0.6 is 0 Å². The van der Waals surface area contributed by atoms with E-state index in [2.05, 4.69) is 6.92 Å². The fraction of sp³-hybridized carbons (Fsp3) is 0.909. The Morgan fingerprint density at radius 1 is 1.50 bits per heavy atom. The minimum absolute atomic E-state index is 0.0190. The van der Waals surface area contributed by atoms with Crippen LogP contribution in [-0.4, -0.2) is 24.8 Å². The highest BCUT2D eigenvalue weighted by Crippen LogP contribution is 2.46. The minimum Gasteiger partial charge on any atom is -0.462 e. The first-order valence-corrected chi connectivity index (χ1v) is 5.30. The van der Waals surface area contributed by atoms with Crippen LogP contribution < -0.4 is 0 Å². The van der Waals surface area contributed by atoms with Crippen LogP contribution in [0.15, 0.2) is 0 Å². The van der Waals surface area contributed by atoms with E-state index < -0.39 is 0 Å². The van der Waals surface area contributed by atoms with Gasteiger partial charge in [-0.1, -0.05) is 0 Å². The van der Waals surface area contributed by atoms with Gasteiger partial charge in [-0.15, -0.1) is 0 Å². The Kier molecular flexibility index (Phi) is 2.30. The van der Waals surface area contributed by atoms with Crippen molar-refractivity contribution in [1.29, 1.82) is 0 Å². The molecule has 2 aliphatic rings. The fourth-order valence-electron chi connectivity index (χ4n) is 2.86. The molecule has 80 valence electrons. The standard InChI is InChI=1S/C11H18O3/c1-7-4-8-5-11(2,13-3)6-9(8)10(12)14-7/h7-9H,4-6H2,1-3H3/t7-,8+,9-,11?/m1/s1. The number of hydrogen-bond donors (Lipinski definition) is 0. The average molecular weight is 198 g/mol. The van der Waals surface area contributed by atoms with E-state index in [4.69, 9.17) is 9.47 Å². The molecule has 0 spiro atoms. The summed E-state index contributed by atoms with van der Waals surface area (Å²) >= 11 is 0. The first kappa shape index (κ1) is 9.97. The van der Waals surface area contributed by atoms with E-state index in [0.29, 0.717) is 5.92 Å². The summed E-state index contributed by atoms with van der Waals surface area (Å²) in [5.74, 6) is 0.530. The minimum atomic E-state index is -0.113. The summed E-state index contributed by atoms with van der Waals surface area (Å²) in [7, 11) is 1.73. The largest absolute Gasteiger partial charge is 0.462 e. The third kappa shape index (κ3) is 1.54.